The van der Waals surface area contributed by atoms with Crippen molar-refractivity contribution in [3.05, 3.63) is 66.2 Å². The fourth-order valence-corrected chi connectivity index (χ4v) is 3.19. The Bertz CT molecular complexity index is 612. The number of esters is 1. The van der Waals surface area contributed by atoms with E-state index in [-0.39, 0.29) is 18.1 Å². The second kappa shape index (κ2) is 6.65. The second-order valence-corrected chi connectivity index (χ2v) is 5.71. The summed E-state index contributed by atoms with van der Waals surface area (Å²) in [6.07, 6.45) is 1.71. The molecule has 1 heterocycles. The van der Waals surface area contributed by atoms with Crippen molar-refractivity contribution in [1.29, 1.82) is 0 Å². The van der Waals surface area contributed by atoms with Gasteiger partial charge in [-0.1, -0.05) is 48.5 Å². The Hall–Kier alpha value is -2.29. The first-order valence-electron chi connectivity index (χ1n) is 7.78. The van der Waals surface area contributed by atoms with Crippen molar-refractivity contribution >= 4 is 11.7 Å². The smallest absolute Gasteiger partial charge is 0.302 e. The van der Waals surface area contributed by atoms with Crippen LogP contribution in [0.5, 0.6) is 0 Å². The number of carbonyl (C=O) groups is 1. The molecule has 0 spiro atoms. The van der Waals surface area contributed by atoms with E-state index >= 15 is 0 Å². The maximum absolute atomic E-state index is 11.3. The maximum Gasteiger partial charge on any atom is 0.302 e. The van der Waals surface area contributed by atoms with Gasteiger partial charge in [0, 0.05) is 32.0 Å². The first kappa shape index (κ1) is 14.6. The number of hydrogen-bond donors (Lipinski definition) is 0. The Kier molecular flexibility index (Phi) is 4.42. The molecule has 1 fully saturated rings. The monoisotopic (exact) mass is 295 g/mol. The van der Waals surface area contributed by atoms with E-state index < -0.39 is 0 Å². The van der Waals surface area contributed by atoms with Crippen molar-refractivity contribution < 1.29 is 9.53 Å². The molecule has 0 aromatic heterocycles. The van der Waals surface area contributed by atoms with E-state index in [1.54, 1.807) is 0 Å². The molecule has 0 aliphatic carbocycles. The van der Waals surface area contributed by atoms with Gasteiger partial charge in [-0.15, -0.1) is 0 Å². The molecular weight excluding hydrogens is 274 g/mol. The summed E-state index contributed by atoms with van der Waals surface area (Å²) in [6.45, 7) is 2.38. The predicted molar refractivity (Wildman–Crippen MR) is 87.8 cm³/mol. The van der Waals surface area contributed by atoms with Crippen molar-refractivity contribution in [3.63, 3.8) is 0 Å². The van der Waals surface area contributed by atoms with Gasteiger partial charge in [-0.25, -0.2) is 0 Å². The SMILES string of the molecule is CC(=O)OC1CCN(c2ccccc2)C(c2ccccc2)C1. The van der Waals surface area contributed by atoms with E-state index in [9.17, 15) is 4.79 Å². The van der Waals surface area contributed by atoms with Gasteiger partial charge >= 0.3 is 5.97 Å². The zero-order chi connectivity index (χ0) is 15.4. The number of piperidine rings is 1. The molecular formula is C19H21NO2. The lowest BCUT2D eigenvalue weighted by Crippen LogP contribution is -2.40. The minimum Gasteiger partial charge on any atom is -0.462 e. The zero-order valence-electron chi connectivity index (χ0n) is 12.8. The van der Waals surface area contributed by atoms with E-state index in [0.29, 0.717) is 0 Å². The number of ether oxygens (including phenoxy) is 1. The van der Waals surface area contributed by atoms with Crippen LogP contribution in [-0.4, -0.2) is 18.6 Å². The summed E-state index contributed by atoms with van der Waals surface area (Å²) in [4.78, 5) is 13.7. The summed E-state index contributed by atoms with van der Waals surface area (Å²) in [6, 6.07) is 21.1. The third kappa shape index (κ3) is 3.30. The van der Waals surface area contributed by atoms with E-state index in [1.165, 1.54) is 18.2 Å². The largest absolute Gasteiger partial charge is 0.462 e. The molecule has 0 amide bonds. The molecule has 2 aromatic rings. The lowest BCUT2D eigenvalue weighted by molar-refractivity contribution is -0.147. The standard InChI is InChI=1S/C19H21NO2/c1-15(21)22-18-12-13-20(17-10-6-3-7-11-17)19(14-18)16-8-4-2-5-9-16/h2-11,18-19H,12-14H2,1H3. The van der Waals surface area contributed by atoms with Crippen LogP contribution < -0.4 is 4.90 Å². The highest BCUT2D eigenvalue weighted by atomic mass is 16.5. The molecule has 2 unspecified atom stereocenters. The van der Waals surface area contributed by atoms with Crippen LogP contribution in [0.2, 0.25) is 0 Å². The second-order valence-electron chi connectivity index (χ2n) is 5.71. The van der Waals surface area contributed by atoms with Gasteiger partial charge in [0.05, 0.1) is 6.04 Å². The van der Waals surface area contributed by atoms with Crippen molar-refractivity contribution in [2.24, 2.45) is 0 Å². The maximum atomic E-state index is 11.3. The first-order valence-corrected chi connectivity index (χ1v) is 7.78. The molecule has 2 aromatic carbocycles. The van der Waals surface area contributed by atoms with Crippen LogP contribution in [-0.2, 0) is 9.53 Å². The molecule has 3 heteroatoms. The number of nitrogens with zero attached hydrogens (tertiary/aromatic N) is 1. The molecule has 3 nitrogen and oxygen atoms in total. The Morgan fingerprint density at radius 2 is 1.68 bits per heavy atom. The Morgan fingerprint density at radius 3 is 2.32 bits per heavy atom. The summed E-state index contributed by atoms with van der Waals surface area (Å²) in [5.41, 5.74) is 2.49. The third-order valence-corrected chi connectivity index (χ3v) is 4.16. The summed E-state index contributed by atoms with van der Waals surface area (Å²) in [5.74, 6) is -0.190. The topological polar surface area (TPSA) is 29.5 Å². The van der Waals surface area contributed by atoms with E-state index in [4.69, 9.17) is 4.74 Å². The van der Waals surface area contributed by atoms with Gasteiger partial charge in [0.25, 0.3) is 0 Å². The van der Waals surface area contributed by atoms with Crippen LogP contribution in [0.15, 0.2) is 60.7 Å². The van der Waals surface area contributed by atoms with Crippen molar-refractivity contribution in [3.8, 4) is 0 Å². The lowest BCUT2D eigenvalue weighted by atomic mass is 9.92. The summed E-state index contributed by atoms with van der Waals surface area (Å²) in [5, 5.41) is 0. The summed E-state index contributed by atoms with van der Waals surface area (Å²) < 4.78 is 5.46. The average molecular weight is 295 g/mol. The highest BCUT2D eigenvalue weighted by Crippen LogP contribution is 2.35. The Labute approximate surface area is 131 Å². The van der Waals surface area contributed by atoms with Gasteiger partial charge in [-0.2, -0.15) is 0 Å². The predicted octanol–water partition coefficient (Wildman–Crippen LogP) is 3.96. The molecule has 0 saturated carbocycles. The van der Waals surface area contributed by atoms with Gasteiger partial charge in [0.2, 0.25) is 0 Å². The van der Waals surface area contributed by atoms with Crippen LogP contribution in [0.25, 0.3) is 0 Å². The zero-order valence-corrected chi connectivity index (χ0v) is 12.8. The van der Waals surface area contributed by atoms with E-state index in [0.717, 1.165) is 19.4 Å². The molecule has 0 radical (unpaired) electrons. The van der Waals surface area contributed by atoms with Gasteiger partial charge in [0.1, 0.15) is 6.10 Å². The fraction of sp³-hybridized carbons (Fsp3) is 0.316. The van der Waals surface area contributed by atoms with Crippen LogP contribution in [0.3, 0.4) is 0 Å². The van der Waals surface area contributed by atoms with Crippen molar-refractivity contribution in [2.45, 2.75) is 31.9 Å². The van der Waals surface area contributed by atoms with E-state index in [2.05, 4.69) is 53.4 Å². The minimum atomic E-state index is -0.190. The molecule has 0 bridgehead atoms. The molecule has 1 aliphatic rings. The van der Waals surface area contributed by atoms with Gasteiger partial charge in [0.15, 0.2) is 0 Å². The molecule has 0 N–H and O–H groups in total. The Balaban J connectivity index is 1.87. The molecule has 2 atom stereocenters. The normalized spacial score (nSPS) is 21.4. The average Bonchev–Trinajstić information content (AvgIpc) is 2.56. The van der Waals surface area contributed by atoms with Crippen molar-refractivity contribution in [2.75, 3.05) is 11.4 Å². The molecule has 1 saturated heterocycles. The van der Waals surface area contributed by atoms with E-state index in [1.807, 2.05) is 12.1 Å². The van der Waals surface area contributed by atoms with Crippen LogP contribution in [0.1, 0.15) is 31.4 Å². The summed E-state index contributed by atoms with van der Waals surface area (Å²) in [7, 11) is 0. The third-order valence-electron chi connectivity index (χ3n) is 4.16. The molecule has 1 aliphatic heterocycles. The first-order chi connectivity index (χ1) is 10.7. The number of carbonyl (C=O) groups excluding carboxylic acids is 1. The number of hydrogen-bond acceptors (Lipinski definition) is 3. The van der Waals surface area contributed by atoms with Gasteiger partial charge < -0.3 is 9.64 Å². The number of rotatable bonds is 3. The number of para-hydroxylation sites is 1. The lowest BCUT2D eigenvalue weighted by Gasteiger charge is -2.41. The van der Waals surface area contributed by atoms with Crippen LogP contribution in [0, 0.1) is 0 Å². The molecule has 3 rings (SSSR count). The van der Waals surface area contributed by atoms with Crippen molar-refractivity contribution in [1.82, 2.24) is 0 Å². The molecule has 22 heavy (non-hydrogen) atoms. The number of anilines is 1. The minimum absolute atomic E-state index is 0.00247. The van der Waals surface area contributed by atoms with Gasteiger partial charge in [-0.3, -0.25) is 4.79 Å². The highest BCUT2D eigenvalue weighted by Gasteiger charge is 2.31. The highest BCUT2D eigenvalue weighted by molar-refractivity contribution is 5.66. The molecule has 114 valence electrons. The Morgan fingerprint density at radius 1 is 1.05 bits per heavy atom. The quantitative estimate of drug-likeness (QED) is 0.803. The van der Waals surface area contributed by atoms with Crippen LogP contribution >= 0.6 is 0 Å². The number of benzene rings is 2. The summed E-state index contributed by atoms with van der Waals surface area (Å²) >= 11 is 0. The van der Waals surface area contributed by atoms with Crippen LogP contribution in [0.4, 0.5) is 5.69 Å². The fourth-order valence-electron chi connectivity index (χ4n) is 3.19. The van der Waals surface area contributed by atoms with Gasteiger partial charge in [-0.05, 0) is 17.7 Å².